The number of rotatable bonds is 0. The molecule has 1 heterocycles. The summed E-state index contributed by atoms with van der Waals surface area (Å²) in [5.41, 5.74) is 1.42. The first-order valence-corrected chi connectivity index (χ1v) is 6.88. The third-order valence-electron chi connectivity index (χ3n) is 3.20. The molecule has 3 aromatic rings. The molecule has 2 heteroatoms. The molecule has 0 bridgehead atoms. The van der Waals surface area contributed by atoms with Crippen molar-refractivity contribution in [2.75, 3.05) is 0 Å². The number of nitrogens with zero attached hydrogens (tertiary/aromatic N) is 1. The molecule has 1 atom stereocenters. The van der Waals surface area contributed by atoms with Gasteiger partial charge >= 0.3 is 0 Å². The van der Waals surface area contributed by atoms with E-state index in [-0.39, 0.29) is 5.41 Å². The maximum atomic E-state index is 4.77. The Labute approximate surface area is 103 Å². The summed E-state index contributed by atoms with van der Waals surface area (Å²) in [5.74, 6) is 0. The summed E-state index contributed by atoms with van der Waals surface area (Å²) in [6.07, 6.45) is 0. The maximum absolute atomic E-state index is 4.77. The van der Waals surface area contributed by atoms with Crippen LogP contribution >= 0.6 is 8.35 Å². The van der Waals surface area contributed by atoms with Crippen LogP contribution in [0.2, 0.25) is 0 Å². The molecule has 0 fully saturated rings. The molecule has 0 aliphatic heterocycles. The Balaban J connectivity index is 2.43. The summed E-state index contributed by atoms with van der Waals surface area (Å²) in [6.45, 7) is 6.82. The normalized spacial score (nSPS) is 12.9. The van der Waals surface area contributed by atoms with Gasteiger partial charge in [-0.25, -0.2) is 4.75 Å². The molecule has 0 aliphatic rings. The molecule has 0 N–H and O–H groups in total. The van der Waals surface area contributed by atoms with Crippen molar-refractivity contribution in [3.05, 3.63) is 41.7 Å². The van der Waals surface area contributed by atoms with Crippen LogP contribution in [0.1, 0.15) is 26.1 Å². The number of hydrogen-bond acceptors (Lipinski definition) is 1. The molecule has 17 heavy (non-hydrogen) atoms. The zero-order chi connectivity index (χ0) is 12.0. The highest BCUT2D eigenvalue weighted by Crippen LogP contribution is 2.38. The van der Waals surface area contributed by atoms with Gasteiger partial charge in [0.05, 0.1) is 5.52 Å². The third kappa shape index (κ3) is 1.66. The van der Waals surface area contributed by atoms with E-state index in [0.717, 1.165) is 0 Å². The first-order chi connectivity index (χ1) is 8.07. The molecule has 86 valence electrons. The Bertz CT molecular complexity index is 689. The number of aromatic nitrogens is 1. The zero-order valence-corrected chi connectivity index (χ0v) is 11.4. The van der Waals surface area contributed by atoms with Gasteiger partial charge in [0.2, 0.25) is 0 Å². The predicted octanol–water partition coefficient (Wildman–Crippen LogP) is 4.72. The quantitative estimate of drug-likeness (QED) is 0.555. The fraction of sp³-hybridized carbons (Fsp3) is 0.267. The maximum Gasteiger partial charge on any atom is 0.0825 e. The molecule has 2 aromatic carbocycles. The van der Waals surface area contributed by atoms with Crippen molar-refractivity contribution in [3.8, 4) is 0 Å². The lowest BCUT2D eigenvalue weighted by molar-refractivity contribution is 0.609. The molecule has 0 saturated heterocycles. The lowest BCUT2D eigenvalue weighted by atomic mass is 9.91. The van der Waals surface area contributed by atoms with Gasteiger partial charge in [-0.05, 0) is 19.2 Å². The van der Waals surface area contributed by atoms with Gasteiger partial charge in [0.25, 0.3) is 0 Å². The largest absolute Gasteiger partial charge is 0.239 e. The Morgan fingerprint density at radius 1 is 0.941 bits per heavy atom. The van der Waals surface area contributed by atoms with Gasteiger partial charge in [-0.2, -0.15) is 0 Å². The van der Waals surface area contributed by atoms with E-state index in [0.29, 0.717) is 8.35 Å². The van der Waals surface area contributed by atoms with Crippen LogP contribution in [0.25, 0.3) is 21.7 Å². The van der Waals surface area contributed by atoms with E-state index in [1.165, 1.54) is 27.0 Å². The molecular weight excluding hydrogens is 225 g/mol. The summed E-state index contributed by atoms with van der Waals surface area (Å²) >= 11 is 0. The lowest BCUT2D eigenvalue weighted by Gasteiger charge is -2.17. The predicted molar refractivity (Wildman–Crippen MR) is 77.5 cm³/mol. The average molecular weight is 241 g/mol. The van der Waals surface area contributed by atoms with E-state index in [1.54, 1.807) is 0 Å². The van der Waals surface area contributed by atoms with Crippen LogP contribution in [0, 0.1) is 0 Å². The average Bonchev–Trinajstić information content (AvgIpc) is 2.72. The molecule has 1 unspecified atom stereocenters. The smallest absolute Gasteiger partial charge is 0.0825 e. The fourth-order valence-electron chi connectivity index (χ4n) is 2.32. The second kappa shape index (κ2) is 3.58. The van der Waals surface area contributed by atoms with Crippen LogP contribution in [0.3, 0.4) is 0 Å². The SMILES string of the molecule is CC(C)(C)c1[pH]nc2c1ccc1ccccc12. The molecular formula is C15H16NP. The van der Waals surface area contributed by atoms with Crippen LogP contribution in [0.15, 0.2) is 36.4 Å². The second-order valence-corrected chi connectivity index (χ2v) is 6.48. The molecule has 0 radical (unpaired) electrons. The molecule has 1 aromatic heterocycles. The summed E-state index contributed by atoms with van der Waals surface area (Å²) in [7, 11) is 0.594. The molecule has 3 rings (SSSR count). The highest BCUT2D eigenvalue weighted by molar-refractivity contribution is 7.27. The van der Waals surface area contributed by atoms with E-state index < -0.39 is 0 Å². The van der Waals surface area contributed by atoms with E-state index in [1.807, 2.05) is 0 Å². The van der Waals surface area contributed by atoms with Crippen molar-refractivity contribution in [2.24, 2.45) is 0 Å². The Morgan fingerprint density at radius 2 is 1.71 bits per heavy atom. The monoisotopic (exact) mass is 241 g/mol. The van der Waals surface area contributed by atoms with Gasteiger partial charge in [-0.3, -0.25) is 0 Å². The molecule has 0 spiro atoms. The minimum Gasteiger partial charge on any atom is -0.239 e. The Kier molecular flexibility index (Phi) is 2.27. The molecule has 0 aliphatic carbocycles. The van der Waals surface area contributed by atoms with Crippen molar-refractivity contribution in [1.82, 2.24) is 4.75 Å². The topological polar surface area (TPSA) is 12.9 Å². The van der Waals surface area contributed by atoms with Crippen molar-refractivity contribution < 1.29 is 0 Å². The van der Waals surface area contributed by atoms with Crippen molar-refractivity contribution >= 4 is 30.0 Å². The molecule has 0 saturated carbocycles. The van der Waals surface area contributed by atoms with Gasteiger partial charge in [0.15, 0.2) is 0 Å². The Morgan fingerprint density at radius 3 is 2.47 bits per heavy atom. The second-order valence-electron chi connectivity index (χ2n) is 5.53. The van der Waals surface area contributed by atoms with Crippen LogP contribution < -0.4 is 0 Å². The van der Waals surface area contributed by atoms with E-state index >= 15 is 0 Å². The van der Waals surface area contributed by atoms with Crippen LogP contribution in [-0.4, -0.2) is 4.75 Å². The van der Waals surface area contributed by atoms with Crippen molar-refractivity contribution in [2.45, 2.75) is 26.2 Å². The number of benzene rings is 2. The minimum absolute atomic E-state index is 0.218. The lowest BCUT2D eigenvalue weighted by Crippen LogP contribution is -2.08. The highest BCUT2D eigenvalue weighted by atomic mass is 31.0. The van der Waals surface area contributed by atoms with E-state index in [2.05, 4.69) is 57.2 Å². The highest BCUT2D eigenvalue weighted by Gasteiger charge is 2.19. The fourth-order valence-corrected chi connectivity index (χ4v) is 3.44. The number of fused-ring (bicyclic) bond motifs is 3. The van der Waals surface area contributed by atoms with Gasteiger partial charge < -0.3 is 0 Å². The van der Waals surface area contributed by atoms with Gasteiger partial charge in [-0.1, -0.05) is 57.2 Å². The van der Waals surface area contributed by atoms with Crippen LogP contribution in [-0.2, 0) is 5.41 Å². The summed E-state index contributed by atoms with van der Waals surface area (Å²) < 4.78 is 4.77. The van der Waals surface area contributed by atoms with Crippen molar-refractivity contribution in [1.29, 1.82) is 0 Å². The molecule has 0 amide bonds. The van der Waals surface area contributed by atoms with Gasteiger partial charge in [-0.15, -0.1) is 0 Å². The standard InChI is InChI=1S/C15H16NP/c1-15(2,3)14-12-9-8-10-6-4-5-7-11(10)13(12)16-17-14/h4-9,17H,1-3H3. The third-order valence-corrected chi connectivity index (χ3v) is 4.78. The first kappa shape index (κ1) is 10.8. The van der Waals surface area contributed by atoms with Gasteiger partial charge in [0.1, 0.15) is 0 Å². The van der Waals surface area contributed by atoms with Gasteiger partial charge in [0, 0.05) is 16.1 Å². The summed E-state index contributed by atoms with van der Waals surface area (Å²) in [6, 6.07) is 13.0. The summed E-state index contributed by atoms with van der Waals surface area (Å²) in [5, 5.41) is 5.42. The summed E-state index contributed by atoms with van der Waals surface area (Å²) in [4.78, 5) is 0. The van der Waals surface area contributed by atoms with E-state index in [4.69, 9.17) is 4.75 Å². The Hall–Kier alpha value is -1.33. The van der Waals surface area contributed by atoms with Crippen LogP contribution in [0.4, 0.5) is 0 Å². The van der Waals surface area contributed by atoms with E-state index in [9.17, 15) is 0 Å². The number of hydrogen-bond donors (Lipinski definition) is 0. The van der Waals surface area contributed by atoms with Crippen LogP contribution in [0.5, 0.6) is 0 Å². The van der Waals surface area contributed by atoms with Crippen molar-refractivity contribution in [3.63, 3.8) is 0 Å². The minimum atomic E-state index is 0.218. The zero-order valence-electron chi connectivity index (χ0n) is 10.4. The molecule has 1 nitrogen and oxygen atoms in total. The first-order valence-electron chi connectivity index (χ1n) is 5.94.